The normalized spacial score (nSPS) is 26.6. The smallest absolute Gasteiger partial charge is 0.271 e. The van der Waals surface area contributed by atoms with Crippen LogP contribution in [0, 0.1) is 22.0 Å². The summed E-state index contributed by atoms with van der Waals surface area (Å²) in [6.45, 7) is 2.04. The van der Waals surface area contributed by atoms with Crippen molar-refractivity contribution in [1.82, 2.24) is 0 Å². The number of carbonyl (C=O) groups is 2. The van der Waals surface area contributed by atoms with E-state index in [1.54, 1.807) is 0 Å². The van der Waals surface area contributed by atoms with Gasteiger partial charge in [-0.3, -0.25) is 19.7 Å². The maximum absolute atomic E-state index is 14.0. The number of amides is 2. The molecule has 0 aromatic heterocycles. The summed E-state index contributed by atoms with van der Waals surface area (Å²) in [4.78, 5) is 39.9. The summed E-state index contributed by atoms with van der Waals surface area (Å²) in [5.41, 5.74) is 3.47. The zero-order valence-corrected chi connectivity index (χ0v) is 18.0. The van der Waals surface area contributed by atoms with E-state index >= 15 is 0 Å². The summed E-state index contributed by atoms with van der Waals surface area (Å²) in [5.74, 6) is -1.90. The van der Waals surface area contributed by atoms with Gasteiger partial charge in [-0.05, 0) is 28.3 Å². The van der Waals surface area contributed by atoms with Crippen molar-refractivity contribution in [3.8, 4) is 5.75 Å². The van der Waals surface area contributed by atoms with Crippen molar-refractivity contribution < 1.29 is 19.2 Å². The maximum Gasteiger partial charge on any atom is 0.271 e. The molecule has 1 aliphatic heterocycles. The number of carbonyl (C=O) groups excluding carboxylic acids is 2. The van der Waals surface area contributed by atoms with E-state index in [1.165, 1.54) is 25.3 Å². The van der Waals surface area contributed by atoms with E-state index in [0.29, 0.717) is 0 Å². The average molecular weight is 440 g/mol. The molecular formula is C26H20N2O5. The van der Waals surface area contributed by atoms with Crippen molar-refractivity contribution in [3.05, 3.63) is 99.1 Å². The monoisotopic (exact) mass is 440 g/mol. The fourth-order valence-corrected chi connectivity index (χ4v) is 6.36. The first-order valence-electron chi connectivity index (χ1n) is 10.8. The Morgan fingerprint density at radius 2 is 1.55 bits per heavy atom. The molecule has 0 saturated carbocycles. The van der Waals surface area contributed by atoms with Crippen LogP contribution in [0.4, 0.5) is 11.4 Å². The van der Waals surface area contributed by atoms with Crippen LogP contribution in [0.5, 0.6) is 5.75 Å². The van der Waals surface area contributed by atoms with Crippen molar-refractivity contribution in [2.24, 2.45) is 11.8 Å². The Morgan fingerprint density at radius 3 is 2.12 bits per heavy atom. The number of rotatable bonds is 3. The van der Waals surface area contributed by atoms with E-state index in [0.717, 1.165) is 27.2 Å². The van der Waals surface area contributed by atoms with Gasteiger partial charge in [-0.1, -0.05) is 55.5 Å². The number of ether oxygens (including phenoxy) is 1. The molecular weight excluding hydrogens is 420 g/mol. The molecule has 164 valence electrons. The molecule has 0 unspecified atom stereocenters. The highest BCUT2D eigenvalue weighted by Gasteiger charge is 2.66. The van der Waals surface area contributed by atoms with E-state index in [4.69, 9.17) is 4.74 Å². The second kappa shape index (κ2) is 6.51. The Labute approximate surface area is 189 Å². The summed E-state index contributed by atoms with van der Waals surface area (Å²) in [5, 5.41) is 11.4. The van der Waals surface area contributed by atoms with Crippen molar-refractivity contribution >= 4 is 23.2 Å². The molecule has 33 heavy (non-hydrogen) atoms. The van der Waals surface area contributed by atoms with Crippen LogP contribution >= 0.6 is 0 Å². The van der Waals surface area contributed by atoms with E-state index in [1.807, 2.05) is 55.5 Å². The highest BCUT2D eigenvalue weighted by molar-refractivity contribution is 6.24. The SMILES string of the molecule is COc1ccc([N+](=O)[O-])cc1N1C(=O)[C@@H]2[C@@H](C1=O)C1c3ccccc3C2(C)c2ccccc21. The fraction of sp³-hybridized carbons (Fsp3) is 0.231. The average Bonchev–Trinajstić information content (AvgIpc) is 3.10. The Balaban J connectivity index is 1.59. The second-order valence-corrected chi connectivity index (χ2v) is 8.98. The summed E-state index contributed by atoms with van der Waals surface area (Å²) >= 11 is 0. The molecule has 3 aromatic carbocycles. The Hall–Kier alpha value is -4.00. The molecule has 0 N–H and O–H groups in total. The molecule has 3 aliphatic carbocycles. The third-order valence-electron chi connectivity index (χ3n) is 7.66. The zero-order chi connectivity index (χ0) is 23.1. The summed E-state index contributed by atoms with van der Waals surface area (Å²) in [6, 6.07) is 20.0. The second-order valence-electron chi connectivity index (χ2n) is 8.98. The van der Waals surface area contributed by atoms with Gasteiger partial charge in [0.1, 0.15) is 11.4 Å². The van der Waals surface area contributed by atoms with Gasteiger partial charge in [-0.15, -0.1) is 0 Å². The van der Waals surface area contributed by atoms with Gasteiger partial charge in [0, 0.05) is 23.5 Å². The van der Waals surface area contributed by atoms with Crippen molar-refractivity contribution in [1.29, 1.82) is 0 Å². The van der Waals surface area contributed by atoms with Crippen LogP contribution in [-0.4, -0.2) is 23.8 Å². The third kappa shape index (κ3) is 2.29. The number of hydrogen-bond donors (Lipinski definition) is 0. The number of hydrogen-bond acceptors (Lipinski definition) is 5. The van der Waals surface area contributed by atoms with E-state index in [-0.39, 0.29) is 34.9 Å². The van der Waals surface area contributed by atoms with Crippen LogP contribution < -0.4 is 9.64 Å². The first-order valence-corrected chi connectivity index (χ1v) is 10.8. The number of benzene rings is 3. The molecule has 7 nitrogen and oxygen atoms in total. The predicted octanol–water partition coefficient (Wildman–Crippen LogP) is 4.17. The molecule has 0 radical (unpaired) electrons. The van der Waals surface area contributed by atoms with Crippen molar-refractivity contribution in [3.63, 3.8) is 0 Å². The van der Waals surface area contributed by atoms with Crippen LogP contribution in [-0.2, 0) is 15.0 Å². The molecule has 7 heteroatoms. The number of nitro benzene ring substituents is 1. The van der Waals surface area contributed by atoms with Crippen LogP contribution in [0.1, 0.15) is 35.1 Å². The topological polar surface area (TPSA) is 89.8 Å². The predicted molar refractivity (Wildman–Crippen MR) is 120 cm³/mol. The summed E-state index contributed by atoms with van der Waals surface area (Å²) < 4.78 is 5.39. The van der Waals surface area contributed by atoms with Gasteiger partial charge < -0.3 is 4.74 Å². The largest absolute Gasteiger partial charge is 0.495 e. The van der Waals surface area contributed by atoms with Crippen molar-refractivity contribution in [2.75, 3.05) is 12.0 Å². The van der Waals surface area contributed by atoms with Gasteiger partial charge in [-0.25, -0.2) is 4.90 Å². The van der Waals surface area contributed by atoms with Crippen LogP contribution in [0.2, 0.25) is 0 Å². The molecule has 2 amide bonds. The van der Waals surface area contributed by atoms with Crippen LogP contribution in [0.25, 0.3) is 0 Å². The first-order chi connectivity index (χ1) is 15.9. The highest BCUT2D eigenvalue weighted by atomic mass is 16.6. The van der Waals surface area contributed by atoms with Crippen molar-refractivity contribution in [2.45, 2.75) is 18.3 Å². The third-order valence-corrected chi connectivity index (χ3v) is 7.66. The molecule has 0 spiro atoms. The standard InChI is InChI=1S/C26H20N2O5/c1-26-17-9-5-3-7-15(17)21(16-8-4-6-10-18(16)26)22-23(26)25(30)27(24(22)29)19-13-14(28(31)32)11-12-20(19)33-2/h3-13,21-23H,1-2H3/t21?,22-,23-,26?/m0/s1. The fourth-order valence-electron chi connectivity index (χ4n) is 6.36. The quantitative estimate of drug-likeness (QED) is 0.346. The molecule has 1 saturated heterocycles. The Kier molecular flexibility index (Phi) is 3.88. The first kappa shape index (κ1) is 19.7. The van der Waals surface area contributed by atoms with Gasteiger partial charge in [0.25, 0.3) is 5.69 Å². The molecule has 1 heterocycles. The van der Waals surface area contributed by atoms with Crippen LogP contribution in [0.3, 0.4) is 0 Å². The Bertz CT molecular complexity index is 1330. The molecule has 1 fully saturated rings. The lowest BCUT2D eigenvalue weighted by atomic mass is 9.48. The number of anilines is 1. The Morgan fingerprint density at radius 1 is 0.939 bits per heavy atom. The van der Waals surface area contributed by atoms with E-state index in [2.05, 4.69) is 0 Å². The lowest BCUT2D eigenvalue weighted by Crippen LogP contribution is -2.51. The summed E-state index contributed by atoms with van der Waals surface area (Å²) in [7, 11) is 1.42. The van der Waals surface area contributed by atoms with Gasteiger partial charge in [0.2, 0.25) is 11.8 Å². The molecule has 3 aromatic rings. The van der Waals surface area contributed by atoms with Gasteiger partial charge in [-0.2, -0.15) is 0 Å². The lowest BCUT2D eigenvalue weighted by molar-refractivity contribution is -0.384. The van der Waals surface area contributed by atoms with Gasteiger partial charge in [0.15, 0.2) is 0 Å². The maximum atomic E-state index is 14.0. The number of nitro groups is 1. The zero-order valence-electron chi connectivity index (χ0n) is 18.0. The van der Waals surface area contributed by atoms with Gasteiger partial charge in [0.05, 0.1) is 23.9 Å². The lowest BCUT2D eigenvalue weighted by Gasteiger charge is -2.52. The van der Waals surface area contributed by atoms with Crippen LogP contribution in [0.15, 0.2) is 66.7 Å². The minimum absolute atomic E-state index is 0.118. The minimum atomic E-state index is -0.692. The molecule has 2 atom stereocenters. The van der Waals surface area contributed by atoms with E-state index < -0.39 is 22.2 Å². The summed E-state index contributed by atoms with van der Waals surface area (Å²) in [6.07, 6.45) is 0. The molecule has 7 rings (SSSR count). The number of non-ortho nitro benzene ring substituents is 1. The molecule has 2 bridgehead atoms. The highest BCUT2D eigenvalue weighted by Crippen LogP contribution is 2.64. The van der Waals surface area contributed by atoms with E-state index in [9.17, 15) is 19.7 Å². The number of methoxy groups -OCH3 is 1. The number of imide groups is 1. The molecule has 4 aliphatic rings. The van der Waals surface area contributed by atoms with Gasteiger partial charge >= 0.3 is 0 Å². The number of nitrogens with zero attached hydrogens (tertiary/aromatic N) is 2. The minimum Gasteiger partial charge on any atom is -0.495 e.